The molecule has 6 fully saturated rings. The lowest BCUT2D eigenvalue weighted by Gasteiger charge is -2.48. The number of carbonyl (C=O) groups is 1. The van der Waals surface area contributed by atoms with E-state index in [4.69, 9.17) is 42.6 Å². The minimum absolute atomic E-state index is 0.0232. The molecule has 0 unspecified atom stereocenters. The van der Waals surface area contributed by atoms with Crippen molar-refractivity contribution in [2.24, 2.45) is 23.7 Å². The van der Waals surface area contributed by atoms with Crippen LogP contribution < -0.4 is 0 Å². The molecule has 2 aliphatic carbocycles. The number of hydrogen-bond acceptors (Lipinski definition) is 19. The second-order valence-corrected chi connectivity index (χ2v) is 15.0. The minimum Gasteiger partial charge on any atom is -0.472 e. The third-order valence-electron chi connectivity index (χ3n) is 11.7. The first-order chi connectivity index (χ1) is 24.1. The van der Waals surface area contributed by atoms with Gasteiger partial charge in [0.05, 0.1) is 37.6 Å². The Morgan fingerprint density at radius 1 is 0.765 bits per heavy atom. The fourth-order valence-electron chi connectivity index (χ4n) is 9.09. The standard InChI is InChI=1S/C32H48O19/c1-10(35)50-31(2)7-13(36)11-4-5-43-27(17(11)31)48-30-25(23(41)21(39)15(9-34)45-30)46-16-6-12-18(32(3)26(51-32)19(12)37)28(47-16)49-29-24(42)22(40)20(38)14(8-33)44-29/h4-5,11-30,33-34,36-42H,6-9H2,1-3H3/t11-,12+,13+,14-,15-,16-,17+,18+,19-,20-,21-,22+,23+,24-,25-,26-,27-,28-,29+,30+,31-,32+/m0/s1. The van der Waals surface area contributed by atoms with Gasteiger partial charge in [-0.25, -0.2) is 0 Å². The molecule has 0 amide bonds. The van der Waals surface area contributed by atoms with Gasteiger partial charge in [0.2, 0.25) is 6.29 Å². The number of ether oxygens (including phenoxy) is 9. The Hall–Kier alpha value is -1.63. The largest absolute Gasteiger partial charge is 0.472 e. The Morgan fingerprint density at radius 3 is 2.08 bits per heavy atom. The van der Waals surface area contributed by atoms with E-state index in [-0.39, 0.29) is 12.8 Å². The van der Waals surface area contributed by atoms with Crippen LogP contribution in [0.2, 0.25) is 0 Å². The first-order valence-electron chi connectivity index (χ1n) is 17.2. The van der Waals surface area contributed by atoms with E-state index in [1.165, 1.54) is 13.2 Å². The molecule has 0 aromatic carbocycles. The summed E-state index contributed by atoms with van der Waals surface area (Å²) in [4.78, 5) is 12.1. The number of fused-ring (bicyclic) bond motifs is 4. The van der Waals surface area contributed by atoms with Crippen LogP contribution in [0, 0.1) is 23.7 Å². The topological polar surface area (TPSA) is 286 Å². The average molecular weight is 737 g/mol. The lowest BCUT2D eigenvalue weighted by atomic mass is 9.83. The van der Waals surface area contributed by atoms with E-state index in [0.717, 1.165) is 0 Å². The number of aliphatic hydroxyl groups excluding tert-OH is 9. The van der Waals surface area contributed by atoms with Crippen molar-refractivity contribution in [2.75, 3.05) is 13.2 Å². The van der Waals surface area contributed by atoms with Crippen LogP contribution >= 0.6 is 0 Å². The average Bonchev–Trinajstić information content (AvgIpc) is 3.64. The van der Waals surface area contributed by atoms with Crippen molar-refractivity contribution in [3.63, 3.8) is 0 Å². The zero-order valence-corrected chi connectivity index (χ0v) is 28.1. The highest BCUT2D eigenvalue weighted by molar-refractivity contribution is 5.66. The number of esters is 1. The summed E-state index contributed by atoms with van der Waals surface area (Å²) >= 11 is 0. The molecule has 4 saturated heterocycles. The molecule has 5 aliphatic heterocycles. The van der Waals surface area contributed by atoms with Gasteiger partial charge in [-0.15, -0.1) is 0 Å². The summed E-state index contributed by atoms with van der Waals surface area (Å²) in [6, 6.07) is 0. The molecule has 0 bridgehead atoms. The molecule has 7 aliphatic rings. The molecule has 0 aromatic heterocycles. The number of epoxide rings is 1. The fraction of sp³-hybridized carbons (Fsp3) is 0.906. The predicted molar refractivity (Wildman–Crippen MR) is 160 cm³/mol. The van der Waals surface area contributed by atoms with Crippen molar-refractivity contribution in [1.29, 1.82) is 0 Å². The van der Waals surface area contributed by atoms with E-state index in [2.05, 4.69) is 0 Å². The van der Waals surface area contributed by atoms with Crippen molar-refractivity contribution in [3.05, 3.63) is 12.3 Å². The van der Waals surface area contributed by atoms with E-state index in [1.807, 2.05) is 0 Å². The number of rotatable bonds is 9. The first-order valence-corrected chi connectivity index (χ1v) is 17.2. The highest BCUT2D eigenvalue weighted by Crippen LogP contribution is 2.61. The van der Waals surface area contributed by atoms with Crippen LogP contribution in [0.25, 0.3) is 0 Å². The molecule has 0 radical (unpaired) electrons. The predicted octanol–water partition coefficient (Wildman–Crippen LogP) is -4.33. The van der Waals surface area contributed by atoms with Crippen LogP contribution in [0.5, 0.6) is 0 Å². The molecule has 22 atom stereocenters. The summed E-state index contributed by atoms with van der Waals surface area (Å²) in [6.07, 6.45) is -19.2. The van der Waals surface area contributed by atoms with Crippen LogP contribution in [0.3, 0.4) is 0 Å². The lowest BCUT2D eigenvalue weighted by Crippen LogP contribution is -2.63. The molecule has 19 nitrogen and oxygen atoms in total. The second kappa shape index (κ2) is 13.9. The molecule has 0 aromatic rings. The lowest BCUT2D eigenvalue weighted by molar-refractivity contribution is -0.405. The highest BCUT2D eigenvalue weighted by Gasteiger charge is 2.74. The fourth-order valence-corrected chi connectivity index (χ4v) is 9.09. The molecular weight excluding hydrogens is 688 g/mol. The van der Waals surface area contributed by atoms with Gasteiger partial charge in [-0.1, -0.05) is 0 Å². The first kappa shape index (κ1) is 37.7. The van der Waals surface area contributed by atoms with Crippen LogP contribution in [-0.2, 0) is 47.4 Å². The molecule has 0 spiro atoms. The molecule has 290 valence electrons. The molecule has 5 heterocycles. The van der Waals surface area contributed by atoms with Gasteiger partial charge in [-0.2, -0.15) is 0 Å². The van der Waals surface area contributed by atoms with Crippen molar-refractivity contribution in [1.82, 2.24) is 0 Å². The maximum atomic E-state index is 12.1. The monoisotopic (exact) mass is 736 g/mol. The van der Waals surface area contributed by atoms with E-state index in [0.29, 0.717) is 0 Å². The van der Waals surface area contributed by atoms with E-state index < -0.39 is 153 Å². The maximum Gasteiger partial charge on any atom is 0.303 e. The number of hydrogen-bond donors (Lipinski definition) is 9. The van der Waals surface area contributed by atoms with Gasteiger partial charge in [-0.05, 0) is 19.9 Å². The quantitative estimate of drug-likeness (QED) is 0.0799. The van der Waals surface area contributed by atoms with E-state index in [9.17, 15) is 50.8 Å². The number of aliphatic hydroxyl groups is 9. The summed E-state index contributed by atoms with van der Waals surface area (Å²) in [5.74, 6) is -3.15. The molecule has 19 heteroatoms. The Morgan fingerprint density at radius 2 is 1.41 bits per heavy atom. The zero-order valence-electron chi connectivity index (χ0n) is 28.1. The highest BCUT2D eigenvalue weighted by atomic mass is 16.8. The van der Waals surface area contributed by atoms with Crippen LogP contribution in [0.15, 0.2) is 12.3 Å². The van der Waals surface area contributed by atoms with Crippen molar-refractivity contribution in [2.45, 2.75) is 143 Å². The summed E-state index contributed by atoms with van der Waals surface area (Å²) in [5, 5.41) is 95.1. The van der Waals surface area contributed by atoms with Gasteiger partial charge in [0, 0.05) is 37.5 Å². The molecule has 7 rings (SSSR count). The third kappa shape index (κ3) is 6.41. The maximum absolute atomic E-state index is 12.1. The van der Waals surface area contributed by atoms with Gasteiger partial charge in [0.25, 0.3) is 0 Å². The number of carbonyl (C=O) groups excluding carboxylic acids is 1. The molecular formula is C32H48O19. The van der Waals surface area contributed by atoms with Crippen LogP contribution in [0.4, 0.5) is 0 Å². The molecule has 51 heavy (non-hydrogen) atoms. The molecule has 9 N–H and O–H groups in total. The van der Waals surface area contributed by atoms with Gasteiger partial charge in [0.15, 0.2) is 25.2 Å². The smallest absolute Gasteiger partial charge is 0.303 e. The minimum atomic E-state index is -1.77. The Bertz CT molecular complexity index is 1300. The summed E-state index contributed by atoms with van der Waals surface area (Å²) in [6.45, 7) is 3.21. The normalized spacial score (nSPS) is 56.1. The summed E-state index contributed by atoms with van der Waals surface area (Å²) in [7, 11) is 0. The van der Waals surface area contributed by atoms with Crippen molar-refractivity contribution in [3.8, 4) is 0 Å². The van der Waals surface area contributed by atoms with Crippen molar-refractivity contribution < 1.29 is 93.4 Å². The third-order valence-corrected chi connectivity index (χ3v) is 11.7. The SMILES string of the molecule is CC(=O)O[C@@]1(C)C[C@@H](O)[C@@H]2C=CO[C@@H](O[C@H]3O[C@@H](CO)[C@H](O)[C@@H](O)[C@@H]3O[C@@H]3C[C@H]4[C@H](O)[C@@H]5O[C@]5(C)[C@H]4[C@H](O[C@H]4O[C@@H](CO)[C@H](O)[C@@H](O)[C@@H]4O)O3)[C@@H]21. The van der Waals surface area contributed by atoms with Gasteiger partial charge in [-0.3, -0.25) is 4.79 Å². The van der Waals surface area contributed by atoms with Crippen molar-refractivity contribution >= 4 is 5.97 Å². The Kier molecular flexibility index (Phi) is 10.3. The van der Waals surface area contributed by atoms with Gasteiger partial charge < -0.3 is 88.6 Å². The van der Waals surface area contributed by atoms with Crippen LogP contribution in [-0.4, -0.2) is 175 Å². The van der Waals surface area contributed by atoms with Gasteiger partial charge in [0.1, 0.15) is 66.1 Å². The summed E-state index contributed by atoms with van der Waals surface area (Å²) in [5.41, 5.74) is -2.14. The van der Waals surface area contributed by atoms with E-state index in [1.54, 1.807) is 19.9 Å². The Labute approximate surface area is 292 Å². The zero-order chi connectivity index (χ0) is 36.7. The van der Waals surface area contributed by atoms with E-state index >= 15 is 0 Å². The van der Waals surface area contributed by atoms with Gasteiger partial charge >= 0.3 is 5.97 Å². The molecule has 2 saturated carbocycles. The second-order valence-electron chi connectivity index (χ2n) is 15.0. The van der Waals surface area contributed by atoms with Crippen LogP contribution in [0.1, 0.15) is 33.6 Å². The Balaban J connectivity index is 1.14. The summed E-state index contributed by atoms with van der Waals surface area (Å²) < 4.78 is 53.4.